The first-order chi connectivity index (χ1) is 9.52. The maximum absolute atomic E-state index is 12.8. The second kappa shape index (κ2) is 4.58. The zero-order valence-electron chi connectivity index (χ0n) is 11.8. The third kappa shape index (κ3) is 2.07. The molecule has 1 aliphatic heterocycles. The molecule has 0 bridgehead atoms. The largest absolute Gasteiger partial charge is 0.340 e. The summed E-state index contributed by atoms with van der Waals surface area (Å²) >= 11 is 0. The van der Waals surface area contributed by atoms with Crippen molar-refractivity contribution < 1.29 is 9.59 Å². The van der Waals surface area contributed by atoms with E-state index < -0.39 is 11.6 Å². The number of rotatable bonds is 3. The first-order valence-corrected chi connectivity index (χ1v) is 7.05. The van der Waals surface area contributed by atoms with Crippen molar-refractivity contribution in [1.82, 2.24) is 15.2 Å². The number of carbonyl (C=O) groups excluding carboxylic acids is 2. The molecule has 2 heterocycles. The lowest BCUT2D eigenvalue weighted by molar-refractivity contribution is -0.155. The van der Waals surface area contributed by atoms with Crippen LogP contribution in [-0.2, 0) is 16.1 Å². The summed E-state index contributed by atoms with van der Waals surface area (Å²) in [5.74, 6) is 0.213. The van der Waals surface area contributed by atoms with Crippen LogP contribution in [0, 0.1) is 5.92 Å². The van der Waals surface area contributed by atoms with Gasteiger partial charge in [-0.25, -0.2) is 0 Å². The Morgan fingerprint density at radius 1 is 1.40 bits per heavy atom. The average Bonchev–Trinajstić information content (AvgIpc) is 3.27. The molecule has 0 radical (unpaired) electrons. The highest BCUT2D eigenvalue weighted by molar-refractivity contribution is 5.99. The van der Waals surface area contributed by atoms with Gasteiger partial charge < -0.3 is 10.2 Å². The van der Waals surface area contributed by atoms with Gasteiger partial charge in [0.05, 0.1) is 12.2 Å². The molecule has 2 unspecified atom stereocenters. The Morgan fingerprint density at radius 2 is 2.15 bits per heavy atom. The number of nitrogens with zero attached hydrogens (tertiary/aromatic N) is 2. The maximum Gasteiger partial charge on any atom is 0.249 e. The fourth-order valence-corrected chi connectivity index (χ4v) is 2.84. The summed E-state index contributed by atoms with van der Waals surface area (Å²) in [4.78, 5) is 30.8. The van der Waals surface area contributed by atoms with Gasteiger partial charge in [0.1, 0.15) is 11.6 Å². The van der Waals surface area contributed by atoms with Crippen molar-refractivity contribution in [3.63, 3.8) is 0 Å². The van der Waals surface area contributed by atoms with E-state index in [4.69, 9.17) is 0 Å². The van der Waals surface area contributed by atoms with E-state index in [0.717, 1.165) is 18.5 Å². The molecule has 5 nitrogen and oxygen atoms in total. The molecule has 2 fully saturated rings. The molecule has 2 amide bonds. The molecule has 0 spiro atoms. The van der Waals surface area contributed by atoms with Gasteiger partial charge in [0, 0.05) is 6.20 Å². The smallest absolute Gasteiger partial charge is 0.249 e. The molecule has 5 heteroatoms. The Balaban J connectivity index is 1.87. The summed E-state index contributed by atoms with van der Waals surface area (Å²) in [7, 11) is 0. The highest BCUT2D eigenvalue weighted by Crippen LogP contribution is 2.42. The van der Waals surface area contributed by atoms with Gasteiger partial charge in [-0.15, -0.1) is 0 Å². The Labute approximate surface area is 118 Å². The van der Waals surface area contributed by atoms with Crippen molar-refractivity contribution in [2.24, 2.45) is 5.92 Å². The molecule has 20 heavy (non-hydrogen) atoms. The summed E-state index contributed by atoms with van der Waals surface area (Å²) < 4.78 is 0. The summed E-state index contributed by atoms with van der Waals surface area (Å²) in [6.07, 6.45) is 3.72. The lowest BCUT2D eigenvalue weighted by Crippen LogP contribution is -2.69. The first kappa shape index (κ1) is 13.1. The van der Waals surface area contributed by atoms with Crippen molar-refractivity contribution in [3.8, 4) is 0 Å². The highest BCUT2D eigenvalue weighted by Gasteiger charge is 2.54. The van der Waals surface area contributed by atoms with Gasteiger partial charge in [-0.1, -0.05) is 6.07 Å². The number of pyridine rings is 1. The fraction of sp³-hybridized carbons (Fsp3) is 0.533. The van der Waals surface area contributed by atoms with Gasteiger partial charge in [-0.2, -0.15) is 0 Å². The van der Waals surface area contributed by atoms with E-state index in [9.17, 15) is 9.59 Å². The van der Waals surface area contributed by atoms with Crippen molar-refractivity contribution in [3.05, 3.63) is 30.1 Å². The third-order valence-electron chi connectivity index (χ3n) is 4.39. The SMILES string of the molecule is CC1C(=O)NC(C)(C2CC2)C(=O)N1Cc1ccccn1. The molecule has 1 saturated heterocycles. The molecule has 0 aromatic carbocycles. The summed E-state index contributed by atoms with van der Waals surface area (Å²) in [5.41, 5.74) is 0.0683. The molecule has 1 aromatic heterocycles. The third-order valence-corrected chi connectivity index (χ3v) is 4.39. The lowest BCUT2D eigenvalue weighted by Gasteiger charge is -2.43. The van der Waals surface area contributed by atoms with E-state index in [-0.39, 0.29) is 17.7 Å². The van der Waals surface area contributed by atoms with Crippen molar-refractivity contribution in [2.75, 3.05) is 0 Å². The molecule has 2 aliphatic rings. The topological polar surface area (TPSA) is 62.3 Å². The summed E-state index contributed by atoms with van der Waals surface area (Å²) in [5, 5.41) is 2.92. The van der Waals surface area contributed by atoms with E-state index >= 15 is 0 Å². The number of carbonyl (C=O) groups is 2. The average molecular weight is 273 g/mol. The van der Waals surface area contributed by atoms with Gasteiger partial charge in [0.15, 0.2) is 0 Å². The van der Waals surface area contributed by atoms with Crippen LogP contribution in [0.15, 0.2) is 24.4 Å². The Morgan fingerprint density at radius 3 is 2.75 bits per heavy atom. The van der Waals surface area contributed by atoms with Crippen LogP contribution in [0.5, 0.6) is 0 Å². The van der Waals surface area contributed by atoms with E-state index in [1.54, 1.807) is 18.0 Å². The van der Waals surface area contributed by atoms with E-state index in [1.165, 1.54) is 0 Å². The van der Waals surface area contributed by atoms with Gasteiger partial charge >= 0.3 is 0 Å². The second-order valence-corrected chi connectivity index (χ2v) is 5.90. The molecular weight excluding hydrogens is 254 g/mol. The minimum absolute atomic E-state index is 0.0118. The lowest BCUT2D eigenvalue weighted by atomic mass is 9.89. The van der Waals surface area contributed by atoms with Crippen LogP contribution >= 0.6 is 0 Å². The number of nitrogens with one attached hydrogen (secondary N) is 1. The number of amides is 2. The van der Waals surface area contributed by atoms with Crippen LogP contribution in [0.2, 0.25) is 0 Å². The predicted molar refractivity (Wildman–Crippen MR) is 73.5 cm³/mol. The molecule has 2 atom stereocenters. The van der Waals surface area contributed by atoms with E-state index in [1.807, 2.05) is 25.1 Å². The molecule has 1 saturated carbocycles. The van der Waals surface area contributed by atoms with Crippen LogP contribution in [0.25, 0.3) is 0 Å². The molecular formula is C15H19N3O2. The van der Waals surface area contributed by atoms with Gasteiger partial charge in [-0.05, 0) is 44.7 Å². The van der Waals surface area contributed by atoms with Crippen LogP contribution in [0.3, 0.4) is 0 Å². The fourth-order valence-electron chi connectivity index (χ4n) is 2.84. The van der Waals surface area contributed by atoms with Crippen molar-refractivity contribution in [1.29, 1.82) is 0 Å². The van der Waals surface area contributed by atoms with Crippen molar-refractivity contribution >= 4 is 11.8 Å². The zero-order chi connectivity index (χ0) is 14.3. The standard InChI is InChI=1S/C15H19N3O2/c1-10-13(19)17-15(2,11-6-7-11)14(20)18(10)9-12-5-3-4-8-16-12/h3-5,8,10-11H,6-7,9H2,1-2H3,(H,17,19). The quantitative estimate of drug-likeness (QED) is 0.897. The summed E-state index contributed by atoms with van der Waals surface area (Å²) in [6, 6.07) is 5.16. The van der Waals surface area contributed by atoms with Crippen LogP contribution in [0.4, 0.5) is 0 Å². The van der Waals surface area contributed by atoms with Crippen LogP contribution in [-0.4, -0.2) is 33.3 Å². The number of hydrogen-bond acceptors (Lipinski definition) is 3. The number of hydrogen-bond donors (Lipinski definition) is 1. The Kier molecular flexibility index (Phi) is 3.00. The minimum atomic E-state index is -0.738. The molecule has 106 valence electrons. The predicted octanol–water partition coefficient (Wildman–Crippen LogP) is 1.10. The van der Waals surface area contributed by atoms with Crippen molar-refractivity contribution in [2.45, 2.75) is 44.8 Å². The van der Waals surface area contributed by atoms with Gasteiger partial charge in [-0.3, -0.25) is 14.6 Å². The van der Waals surface area contributed by atoms with E-state index in [2.05, 4.69) is 10.3 Å². The van der Waals surface area contributed by atoms with Gasteiger partial charge in [0.2, 0.25) is 11.8 Å². The Hall–Kier alpha value is -1.91. The van der Waals surface area contributed by atoms with E-state index in [0.29, 0.717) is 6.54 Å². The normalized spacial score (nSPS) is 30.3. The van der Waals surface area contributed by atoms with Gasteiger partial charge in [0.25, 0.3) is 0 Å². The number of aromatic nitrogens is 1. The first-order valence-electron chi connectivity index (χ1n) is 7.05. The molecule has 1 N–H and O–H groups in total. The molecule has 3 rings (SSSR count). The maximum atomic E-state index is 12.8. The molecule has 1 aromatic rings. The monoisotopic (exact) mass is 273 g/mol. The molecule has 1 aliphatic carbocycles. The summed E-state index contributed by atoms with van der Waals surface area (Å²) in [6.45, 7) is 4.00. The zero-order valence-corrected chi connectivity index (χ0v) is 11.8. The van der Waals surface area contributed by atoms with Crippen LogP contribution in [0.1, 0.15) is 32.4 Å². The second-order valence-electron chi connectivity index (χ2n) is 5.90. The highest BCUT2D eigenvalue weighted by atomic mass is 16.2. The number of piperazine rings is 1. The minimum Gasteiger partial charge on any atom is -0.340 e. The Bertz CT molecular complexity index is 541. The van der Waals surface area contributed by atoms with Crippen LogP contribution < -0.4 is 5.32 Å².